The molecule has 0 fully saturated rings. The molecule has 174 valence electrons. The molecule has 0 aromatic heterocycles. The van der Waals surface area contributed by atoms with E-state index in [1.807, 2.05) is 26.0 Å². The molecule has 4 aromatic carbocycles. The first kappa shape index (κ1) is 22.5. The number of imide groups is 1. The van der Waals surface area contributed by atoms with E-state index < -0.39 is 16.7 Å². The molecule has 0 unspecified atom stereocenters. The first-order valence-corrected chi connectivity index (χ1v) is 11.4. The highest BCUT2D eigenvalue weighted by Crippen LogP contribution is 2.43. The van der Waals surface area contributed by atoms with Crippen molar-refractivity contribution < 1.29 is 19.6 Å². The number of nitrogens with one attached hydrogen (secondary N) is 1. The Labute approximate surface area is 208 Å². The van der Waals surface area contributed by atoms with Crippen LogP contribution in [-0.4, -0.2) is 21.8 Å². The average molecular weight is 532 g/mol. The summed E-state index contributed by atoms with van der Waals surface area (Å²) in [5, 5.41) is 25.7. The van der Waals surface area contributed by atoms with Gasteiger partial charge in [0.2, 0.25) is 0 Å². The van der Waals surface area contributed by atoms with Crippen molar-refractivity contribution in [1.29, 1.82) is 0 Å². The summed E-state index contributed by atoms with van der Waals surface area (Å²) in [4.78, 5) is 39.4. The van der Waals surface area contributed by atoms with Crippen LogP contribution in [0.15, 0.2) is 65.1 Å². The molecule has 0 aliphatic carbocycles. The van der Waals surface area contributed by atoms with E-state index in [1.54, 1.807) is 18.2 Å². The number of phenolic OH excluding ortho intramolecular Hbond substituents is 1. The fraction of sp³-hybridized carbons (Fsp3) is 0.0769. The highest BCUT2D eigenvalue weighted by Gasteiger charge is 2.37. The number of benzene rings is 4. The fourth-order valence-corrected chi connectivity index (χ4v) is 4.75. The number of amides is 2. The molecule has 5 rings (SSSR count). The van der Waals surface area contributed by atoms with E-state index in [1.165, 1.54) is 30.3 Å². The quantitative estimate of drug-likeness (QED) is 0.179. The Morgan fingerprint density at radius 1 is 0.943 bits per heavy atom. The number of hydrogen-bond donors (Lipinski definition) is 2. The van der Waals surface area contributed by atoms with Crippen LogP contribution in [0.1, 0.15) is 31.8 Å². The van der Waals surface area contributed by atoms with E-state index >= 15 is 0 Å². The van der Waals surface area contributed by atoms with Crippen molar-refractivity contribution in [3.05, 3.63) is 97.5 Å². The van der Waals surface area contributed by atoms with Crippen LogP contribution in [0, 0.1) is 24.0 Å². The average Bonchev–Trinajstić information content (AvgIpc) is 2.84. The zero-order chi connectivity index (χ0) is 25.0. The smallest absolute Gasteiger partial charge is 0.294 e. The first-order chi connectivity index (χ1) is 16.7. The molecular formula is C26H18BrN3O5. The van der Waals surface area contributed by atoms with Gasteiger partial charge in [-0.05, 0) is 67.4 Å². The maximum Gasteiger partial charge on any atom is 0.294 e. The van der Waals surface area contributed by atoms with E-state index in [9.17, 15) is 24.8 Å². The Kier molecular flexibility index (Phi) is 5.29. The van der Waals surface area contributed by atoms with Gasteiger partial charge in [-0.2, -0.15) is 0 Å². The lowest BCUT2D eigenvalue weighted by atomic mass is 9.91. The van der Waals surface area contributed by atoms with Gasteiger partial charge in [-0.15, -0.1) is 0 Å². The van der Waals surface area contributed by atoms with E-state index in [4.69, 9.17) is 0 Å². The zero-order valence-electron chi connectivity index (χ0n) is 18.6. The van der Waals surface area contributed by atoms with Crippen LogP contribution in [0.4, 0.5) is 22.7 Å². The van der Waals surface area contributed by atoms with Crippen LogP contribution in [-0.2, 0) is 0 Å². The first-order valence-electron chi connectivity index (χ1n) is 10.6. The fourth-order valence-electron chi connectivity index (χ4n) is 4.32. The molecule has 2 N–H and O–H groups in total. The number of hydrogen-bond acceptors (Lipinski definition) is 6. The summed E-state index contributed by atoms with van der Waals surface area (Å²) in [7, 11) is 0. The molecule has 1 aliphatic rings. The molecule has 8 nitrogen and oxygen atoms in total. The highest BCUT2D eigenvalue weighted by atomic mass is 79.9. The number of phenols is 1. The summed E-state index contributed by atoms with van der Waals surface area (Å²) in [6.07, 6.45) is 0. The van der Waals surface area contributed by atoms with Gasteiger partial charge in [0.25, 0.3) is 17.5 Å². The van der Waals surface area contributed by atoms with Gasteiger partial charge < -0.3 is 10.4 Å². The summed E-state index contributed by atoms with van der Waals surface area (Å²) < 4.78 is 0.914. The second-order valence-electron chi connectivity index (χ2n) is 8.24. The monoisotopic (exact) mass is 531 g/mol. The largest absolute Gasteiger partial charge is 0.508 e. The molecule has 0 radical (unpaired) electrons. The number of carbonyl (C=O) groups is 2. The minimum absolute atomic E-state index is 0.0158. The summed E-state index contributed by atoms with van der Waals surface area (Å²) >= 11 is 3.49. The van der Waals surface area contributed by atoms with Crippen molar-refractivity contribution in [3.63, 3.8) is 0 Å². The third-order valence-electron chi connectivity index (χ3n) is 6.29. The SMILES string of the molecule is Cc1c(Br)ccc(Nc2c([N+](=O)[O-])cc3c4c(cccc24)C(=O)N(c2ccc(O)cc2)C3=O)c1C. The zero-order valence-corrected chi connectivity index (χ0v) is 20.2. The number of nitrogens with zero attached hydrogens (tertiary/aromatic N) is 2. The van der Waals surface area contributed by atoms with Gasteiger partial charge in [-0.1, -0.05) is 28.1 Å². The van der Waals surface area contributed by atoms with Crippen LogP contribution in [0.25, 0.3) is 10.8 Å². The molecule has 2 amide bonds. The summed E-state index contributed by atoms with van der Waals surface area (Å²) in [5.74, 6) is -1.23. The van der Waals surface area contributed by atoms with Gasteiger partial charge in [0.05, 0.1) is 16.2 Å². The molecule has 0 spiro atoms. The van der Waals surface area contributed by atoms with Crippen molar-refractivity contribution in [3.8, 4) is 5.75 Å². The lowest BCUT2D eigenvalue weighted by molar-refractivity contribution is -0.383. The minimum Gasteiger partial charge on any atom is -0.508 e. The molecule has 0 saturated carbocycles. The van der Waals surface area contributed by atoms with Crippen LogP contribution in [0.2, 0.25) is 0 Å². The van der Waals surface area contributed by atoms with Crippen LogP contribution in [0.3, 0.4) is 0 Å². The summed E-state index contributed by atoms with van der Waals surface area (Å²) in [6.45, 7) is 3.84. The van der Waals surface area contributed by atoms with E-state index in [0.29, 0.717) is 16.5 Å². The second kappa shape index (κ2) is 8.21. The Balaban J connectivity index is 1.75. The van der Waals surface area contributed by atoms with Gasteiger partial charge in [0, 0.05) is 32.6 Å². The van der Waals surface area contributed by atoms with Crippen molar-refractivity contribution in [2.24, 2.45) is 0 Å². The van der Waals surface area contributed by atoms with E-state index in [2.05, 4.69) is 21.2 Å². The predicted molar refractivity (Wildman–Crippen MR) is 137 cm³/mol. The van der Waals surface area contributed by atoms with Crippen LogP contribution < -0.4 is 10.2 Å². The molecule has 4 aromatic rings. The number of nitro benzene ring substituents is 1. The van der Waals surface area contributed by atoms with E-state index in [0.717, 1.165) is 20.5 Å². The number of aromatic hydroxyl groups is 1. The lowest BCUT2D eigenvalue weighted by Crippen LogP contribution is -2.40. The molecule has 0 bridgehead atoms. The molecule has 9 heteroatoms. The molecule has 0 atom stereocenters. The molecule has 35 heavy (non-hydrogen) atoms. The number of nitro groups is 1. The number of anilines is 3. The summed E-state index contributed by atoms with van der Waals surface area (Å²) in [6, 6.07) is 15.4. The minimum atomic E-state index is -0.672. The third kappa shape index (κ3) is 3.52. The number of halogens is 1. The Morgan fingerprint density at radius 3 is 2.31 bits per heavy atom. The molecule has 1 heterocycles. The number of rotatable bonds is 4. The van der Waals surface area contributed by atoms with Gasteiger partial charge in [-0.3, -0.25) is 19.7 Å². The normalized spacial score (nSPS) is 12.8. The van der Waals surface area contributed by atoms with E-state index in [-0.39, 0.29) is 33.9 Å². The second-order valence-corrected chi connectivity index (χ2v) is 9.09. The maximum absolute atomic E-state index is 13.5. The molecule has 1 aliphatic heterocycles. The van der Waals surface area contributed by atoms with Crippen molar-refractivity contribution in [2.45, 2.75) is 13.8 Å². The number of carbonyl (C=O) groups excluding carboxylic acids is 2. The predicted octanol–water partition coefficient (Wildman–Crippen LogP) is 6.38. The van der Waals surface area contributed by atoms with Crippen LogP contribution in [0.5, 0.6) is 5.75 Å². The van der Waals surface area contributed by atoms with Gasteiger partial charge in [0.15, 0.2) is 0 Å². The lowest BCUT2D eigenvalue weighted by Gasteiger charge is -2.28. The maximum atomic E-state index is 13.5. The van der Waals surface area contributed by atoms with Gasteiger partial charge in [0.1, 0.15) is 11.4 Å². The summed E-state index contributed by atoms with van der Waals surface area (Å²) in [5.41, 5.74) is 3.06. The third-order valence-corrected chi connectivity index (χ3v) is 7.15. The molecular weight excluding hydrogens is 514 g/mol. The Bertz CT molecular complexity index is 1580. The van der Waals surface area contributed by atoms with Crippen LogP contribution >= 0.6 is 15.9 Å². The van der Waals surface area contributed by atoms with Crippen molar-refractivity contribution in [2.75, 3.05) is 10.2 Å². The van der Waals surface area contributed by atoms with Crippen molar-refractivity contribution in [1.82, 2.24) is 0 Å². The Hall–Kier alpha value is -4.24. The standard InChI is InChI=1S/C26H18BrN3O5/c1-13-14(2)21(11-10-20(13)27)28-24-17-4-3-5-18-23(17)19(12-22(24)30(34)35)26(33)29(25(18)32)15-6-8-16(31)9-7-15/h3-12,28,31H,1-2H3. The van der Waals surface area contributed by atoms with Crippen molar-refractivity contribution >= 4 is 61.3 Å². The van der Waals surface area contributed by atoms with Gasteiger partial charge >= 0.3 is 0 Å². The highest BCUT2D eigenvalue weighted by molar-refractivity contribution is 9.10. The molecule has 0 saturated heterocycles. The topological polar surface area (TPSA) is 113 Å². The van der Waals surface area contributed by atoms with Gasteiger partial charge in [-0.25, -0.2) is 4.90 Å². The Morgan fingerprint density at radius 2 is 1.63 bits per heavy atom.